The van der Waals surface area contributed by atoms with Gasteiger partial charge in [-0.05, 0) is 19.5 Å². The number of nitriles is 1. The van der Waals surface area contributed by atoms with Crippen LogP contribution in [0.3, 0.4) is 0 Å². The predicted molar refractivity (Wildman–Crippen MR) is 68.8 cm³/mol. The van der Waals surface area contributed by atoms with Gasteiger partial charge in [-0.3, -0.25) is 4.90 Å². The summed E-state index contributed by atoms with van der Waals surface area (Å²) in [4.78, 5) is 2.16. The van der Waals surface area contributed by atoms with Crippen LogP contribution in [0.15, 0.2) is 30.3 Å². The second kappa shape index (κ2) is 7.05. The van der Waals surface area contributed by atoms with Gasteiger partial charge in [-0.25, -0.2) is 0 Å². The predicted octanol–water partition coefficient (Wildman–Crippen LogP) is 2.26. The van der Waals surface area contributed by atoms with Gasteiger partial charge in [-0.2, -0.15) is 5.26 Å². The van der Waals surface area contributed by atoms with Crippen LogP contribution in [-0.4, -0.2) is 38.3 Å². The van der Waals surface area contributed by atoms with E-state index < -0.39 is 0 Å². The Morgan fingerprint density at radius 1 is 1.35 bits per heavy atom. The zero-order valence-corrected chi connectivity index (χ0v) is 10.8. The Hall–Kier alpha value is -1.37. The third-order valence-electron chi connectivity index (χ3n) is 2.99. The molecule has 1 aromatic carbocycles. The monoisotopic (exact) mass is 232 g/mol. The molecule has 0 saturated carbocycles. The SMILES string of the molecule is COCC(C)N(C)CC(C#N)c1ccccc1. The topological polar surface area (TPSA) is 36.3 Å². The lowest BCUT2D eigenvalue weighted by atomic mass is 10.00. The molecule has 0 heterocycles. The Morgan fingerprint density at radius 3 is 2.53 bits per heavy atom. The molecule has 0 amide bonds. The summed E-state index contributed by atoms with van der Waals surface area (Å²) in [6, 6.07) is 12.6. The van der Waals surface area contributed by atoms with Gasteiger partial charge in [0.25, 0.3) is 0 Å². The second-order valence-electron chi connectivity index (χ2n) is 4.34. The fourth-order valence-electron chi connectivity index (χ4n) is 1.74. The van der Waals surface area contributed by atoms with Crippen LogP contribution in [0, 0.1) is 11.3 Å². The summed E-state index contributed by atoms with van der Waals surface area (Å²) in [5.41, 5.74) is 1.08. The van der Waals surface area contributed by atoms with Crippen molar-refractivity contribution in [1.82, 2.24) is 4.90 Å². The first-order valence-electron chi connectivity index (χ1n) is 5.82. The molecule has 0 aromatic heterocycles. The Morgan fingerprint density at radius 2 is 2.00 bits per heavy atom. The van der Waals surface area contributed by atoms with Crippen LogP contribution in [0.1, 0.15) is 18.4 Å². The quantitative estimate of drug-likeness (QED) is 0.755. The summed E-state index contributed by atoms with van der Waals surface area (Å²) in [5.74, 6) is -0.0829. The summed E-state index contributed by atoms with van der Waals surface area (Å²) in [7, 11) is 3.72. The number of hydrogen-bond acceptors (Lipinski definition) is 3. The lowest BCUT2D eigenvalue weighted by Gasteiger charge is -2.26. The van der Waals surface area contributed by atoms with Gasteiger partial charge in [0.15, 0.2) is 0 Å². The summed E-state index contributed by atoms with van der Waals surface area (Å²) < 4.78 is 5.12. The minimum atomic E-state index is -0.0829. The minimum absolute atomic E-state index is 0.0829. The van der Waals surface area contributed by atoms with Gasteiger partial charge < -0.3 is 4.74 Å². The van der Waals surface area contributed by atoms with Gasteiger partial charge >= 0.3 is 0 Å². The van der Waals surface area contributed by atoms with Crippen LogP contribution in [0.5, 0.6) is 0 Å². The molecule has 0 bridgehead atoms. The number of likely N-dealkylation sites (N-methyl/N-ethyl adjacent to an activating group) is 1. The molecule has 17 heavy (non-hydrogen) atoms. The van der Waals surface area contributed by atoms with Crippen molar-refractivity contribution in [3.63, 3.8) is 0 Å². The Kier molecular flexibility index (Phi) is 5.68. The van der Waals surface area contributed by atoms with Crippen molar-refractivity contribution in [2.75, 3.05) is 27.3 Å². The van der Waals surface area contributed by atoms with E-state index in [2.05, 4.69) is 17.9 Å². The maximum Gasteiger partial charge on any atom is 0.0839 e. The first-order chi connectivity index (χ1) is 8.19. The van der Waals surface area contributed by atoms with Crippen LogP contribution in [0.2, 0.25) is 0 Å². The Bertz CT molecular complexity index is 358. The lowest BCUT2D eigenvalue weighted by Crippen LogP contribution is -2.35. The van der Waals surface area contributed by atoms with Gasteiger partial charge in [0.05, 0.1) is 18.6 Å². The normalized spacial score (nSPS) is 14.3. The number of benzene rings is 1. The zero-order valence-electron chi connectivity index (χ0n) is 10.8. The van der Waals surface area contributed by atoms with Crippen molar-refractivity contribution < 1.29 is 4.74 Å². The third-order valence-corrected chi connectivity index (χ3v) is 2.99. The van der Waals surface area contributed by atoms with Gasteiger partial charge in [0, 0.05) is 19.7 Å². The van der Waals surface area contributed by atoms with Gasteiger partial charge in [-0.15, -0.1) is 0 Å². The molecule has 0 saturated heterocycles. The maximum absolute atomic E-state index is 9.23. The van der Waals surface area contributed by atoms with E-state index >= 15 is 0 Å². The first kappa shape index (κ1) is 13.7. The van der Waals surface area contributed by atoms with Crippen molar-refractivity contribution in [1.29, 1.82) is 5.26 Å². The highest BCUT2D eigenvalue weighted by Gasteiger charge is 2.16. The first-order valence-corrected chi connectivity index (χ1v) is 5.82. The van der Waals surface area contributed by atoms with Crippen molar-refractivity contribution in [2.24, 2.45) is 0 Å². The fraction of sp³-hybridized carbons (Fsp3) is 0.500. The molecule has 0 spiro atoms. The van der Waals surface area contributed by atoms with Gasteiger partial charge in [-0.1, -0.05) is 30.3 Å². The number of methoxy groups -OCH3 is 1. The molecular weight excluding hydrogens is 212 g/mol. The van der Waals surface area contributed by atoms with E-state index in [0.717, 1.165) is 12.1 Å². The number of nitrogens with zero attached hydrogens (tertiary/aromatic N) is 2. The van der Waals surface area contributed by atoms with Crippen LogP contribution < -0.4 is 0 Å². The van der Waals surface area contributed by atoms with Crippen LogP contribution >= 0.6 is 0 Å². The third kappa shape index (κ3) is 4.18. The summed E-state index contributed by atoms with van der Waals surface area (Å²) in [6.45, 7) is 3.51. The molecule has 1 rings (SSSR count). The number of rotatable bonds is 6. The van der Waals surface area contributed by atoms with Crippen molar-refractivity contribution >= 4 is 0 Å². The van der Waals surface area contributed by atoms with E-state index in [4.69, 9.17) is 4.74 Å². The van der Waals surface area contributed by atoms with Crippen LogP contribution in [0.25, 0.3) is 0 Å². The zero-order chi connectivity index (χ0) is 12.7. The van der Waals surface area contributed by atoms with Crippen LogP contribution in [0.4, 0.5) is 0 Å². The Labute approximate surface area is 104 Å². The molecule has 0 aliphatic carbocycles. The summed E-state index contributed by atoms with van der Waals surface area (Å²) in [6.07, 6.45) is 0. The fourth-order valence-corrected chi connectivity index (χ4v) is 1.74. The van der Waals surface area contributed by atoms with E-state index in [9.17, 15) is 5.26 Å². The molecule has 2 unspecified atom stereocenters. The molecule has 1 aromatic rings. The summed E-state index contributed by atoms with van der Waals surface area (Å²) in [5, 5.41) is 9.23. The summed E-state index contributed by atoms with van der Waals surface area (Å²) >= 11 is 0. The smallest absolute Gasteiger partial charge is 0.0839 e. The molecule has 0 aliphatic heterocycles. The van der Waals surface area contributed by atoms with E-state index in [1.807, 2.05) is 37.4 Å². The Balaban J connectivity index is 2.62. The molecular formula is C14H20N2O. The molecule has 92 valence electrons. The van der Waals surface area contributed by atoms with E-state index in [0.29, 0.717) is 12.6 Å². The van der Waals surface area contributed by atoms with E-state index in [1.165, 1.54) is 0 Å². The molecule has 0 radical (unpaired) electrons. The number of hydrogen-bond donors (Lipinski definition) is 0. The molecule has 2 atom stereocenters. The minimum Gasteiger partial charge on any atom is -0.383 e. The molecule has 3 nitrogen and oxygen atoms in total. The molecule has 0 N–H and O–H groups in total. The maximum atomic E-state index is 9.23. The standard InChI is InChI=1S/C14H20N2O/c1-12(11-17-3)16(2)10-14(9-15)13-7-5-4-6-8-13/h4-8,12,14H,10-11H2,1-3H3. The van der Waals surface area contributed by atoms with Crippen molar-refractivity contribution in [3.8, 4) is 6.07 Å². The number of ether oxygens (including phenoxy) is 1. The van der Waals surface area contributed by atoms with Gasteiger partial charge in [0.1, 0.15) is 0 Å². The molecule has 0 fully saturated rings. The van der Waals surface area contributed by atoms with E-state index in [-0.39, 0.29) is 5.92 Å². The highest BCUT2D eigenvalue weighted by molar-refractivity contribution is 5.25. The largest absolute Gasteiger partial charge is 0.383 e. The molecule has 3 heteroatoms. The average Bonchev–Trinajstić information content (AvgIpc) is 2.37. The van der Waals surface area contributed by atoms with E-state index in [1.54, 1.807) is 7.11 Å². The second-order valence-corrected chi connectivity index (χ2v) is 4.34. The highest BCUT2D eigenvalue weighted by Crippen LogP contribution is 2.16. The van der Waals surface area contributed by atoms with Crippen molar-refractivity contribution in [2.45, 2.75) is 18.9 Å². The highest BCUT2D eigenvalue weighted by atomic mass is 16.5. The molecule has 0 aliphatic rings. The average molecular weight is 232 g/mol. The van der Waals surface area contributed by atoms with Gasteiger partial charge in [0.2, 0.25) is 0 Å². The lowest BCUT2D eigenvalue weighted by molar-refractivity contribution is 0.114. The van der Waals surface area contributed by atoms with Crippen LogP contribution in [-0.2, 0) is 4.74 Å². The van der Waals surface area contributed by atoms with Crippen molar-refractivity contribution in [3.05, 3.63) is 35.9 Å².